The third kappa shape index (κ3) is 2.91. The number of halogens is 1. The minimum absolute atomic E-state index is 0.128. The quantitative estimate of drug-likeness (QED) is 0.858. The molecular formula is C18H20FN. The van der Waals surface area contributed by atoms with Gasteiger partial charge in [0.25, 0.3) is 0 Å². The lowest BCUT2D eigenvalue weighted by Crippen LogP contribution is -2.26. The number of aryl methyl sites for hydroxylation is 1. The number of hydrogen-bond donors (Lipinski definition) is 1. The van der Waals surface area contributed by atoms with Crippen molar-refractivity contribution in [3.05, 3.63) is 59.4 Å². The number of hydrogen-bond acceptors (Lipinski definition) is 1. The Balaban J connectivity index is 1.95. The van der Waals surface area contributed by atoms with E-state index in [0.717, 1.165) is 42.6 Å². The summed E-state index contributed by atoms with van der Waals surface area (Å²) >= 11 is 0. The predicted molar refractivity (Wildman–Crippen MR) is 81.4 cm³/mol. The summed E-state index contributed by atoms with van der Waals surface area (Å²) in [5.74, 6) is 0.354. The maximum atomic E-state index is 13.9. The zero-order valence-electron chi connectivity index (χ0n) is 11.8. The second-order valence-electron chi connectivity index (χ2n) is 5.66. The Morgan fingerprint density at radius 2 is 1.65 bits per heavy atom. The number of nitrogens with one attached hydrogen (secondary N) is 1. The van der Waals surface area contributed by atoms with Crippen LogP contribution >= 0.6 is 0 Å². The normalized spacial score (nSPS) is 16.3. The topological polar surface area (TPSA) is 12.0 Å². The molecule has 0 atom stereocenters. The van der Waals surface area contributed by atoms with Crippen LogP contribution in [0.2, 0.25) is 0 Å². The van der Waals surface area contributed by atoms with Crippen molar-refractivity contribution in [1.29, 1.82) is 0 Å². The molecule has 0 radical (unpaired) electrons. The van der Waals surface area contributed by atoms with E-state index < -0.39 is 0 Å². The molecule has 1 heterocycles. The second kappa shape index (κ2) is 5.76. The maximum absolute atomic E-state index is 13.9. The second-order valence-corrected chi connectivity index (χ2v) is 5.66. The Kier molecular flexibility index (Phi) is 3.83. The van der Waals surface area contributed by atoms with Gasteiger partial charge in [0.1, 0.15) is 5.82 Å². The first-order chi connectivity index (χ1) is 9.72. The molecule has 1 nitrogen and oxygen atoms in total. The first-order valence-corrected chi connectivity index (χ1v) is 7.30. The van der Waals surface area contributed by atoms with Crippen LogP contribution in [-0.2, 0) is 0 Å². The van der Waals surface area contributed by atoms with Crippen molar-refractivity contribution in [3.8, 4) is 11.1 Å². The third-order valence-corrected chi connectivity index (χ3v) is 4.12. The molecule has 2 aromatic carbocycles. The van der Waals surface area contributed by atoms with Crippen LogP contribution in [0.5, 0.6) is 0 Å². The summed E-state index contributed by atoms with van der Waals surface area (Å²) in [6, 6.07) is 13.8. The van der Waals surface area contributed by atoms with E-state index in [-0.39, 0.29) is 5.82 Å². The van der Waals surface area contributed by atoms with E-state index in [1.54, 1.807) is 12.1 Å². The van der Waals surface area contributed by atoms with Crippen molar-refractivity contribution in [2.75, 3.05) is 13.1 Å². The molecule has 20 heavy (non-hydrogen) atoms. The van der Waals surface area contributed by atoms with Gasteiger partial charge in [-0.2, -0.15) is 0 Å². The van der Waals surface area contributed by atoms with E-state index in [2.05, 4.69) is 42.6 Å². The van der Waals surface area contributed by atoms with Crippen molar-refractivity contribution in [1.82, 2.24) is 5.32 Å². The molecule has 0 aromatic heterocycles. The minimum Gasteiger partial charge on any atom is -0.317 e. The molecule has 0 unspecified atom stereocenters. The van der Waals surface area contributed by atoms with Crippen molar-refractivity contribution < 1.29 is 4.39 Å². The largest absolute Gasteiger partial charge is 0.317 e. The van der Waals surface area contributed by atoms with Crippen molar-refractivity contribution in [2.24, 2.45) is 0 Å². The molecule has 1 fully saturated rings. The summed E-state index contributed by atoms with van der Waals surface area (Å²) < 4.78 is 13.9. The number of rotatable bonds is 2. The average Bonchev–Trinajstić information content (AvgIpc) is 2.48. The van der Waals surface area contributed by atoms with Crippen LogP contribution in [0.15, 0.2) is 42.5 Å². The first kappa shape index (κ1) is 13.3. The average molecular weight is 269 g/mol. The van der Waals surface area contributed by atoms with E-state index in [0.29, 0.717) is 5.92 Å². The Morgan fingerprint density at radius 1 is 0.950 bits per heavy atom. The molecule has 0 spiro atoms. The van der Waals surface area contributed by atoms with Crippen LogP contribution in [-0.4, -0.2) is 13.1 Å². The van der Waals surface area contributed by atoms with Gasteiger partial charge < -0.3 is 5.32 Å². The Bertz CT molecular complexity index is 583. The molecule has 3 rings (SSSR count). The lowest BCUT2D eigenvalue weighted by Gasteiger charge is -2.23. The lowest BCUT2D eigenvalue weighted by molar-refractivity contribution is 0.458. The van der Waals surface area contributed by atoms with Crippen LogP contribution in [0, 0.1) is 12.7 Å². The molecular weight excluding hydrogens is 249 g/mol. The van der Waals surface area contributed by atoms with Crippen LogP contribution in [0.3, 0.4) is 0 Å². The number of piperidine rings is 1. The van der Waals surface area contributed by atoms with E-state index in [9.17, 15) is 4.39 Å². The van der Waals surface area contributed by atoms with Crippen LogP contribution in [0.1, 0.15) is 29.9 Å². The fourth-order valence-electron chi connectivity index (χ4n) is 2.92. The molecule has 0 saturated carbocycles. The molecule has 1 N–H and O–H groups in total. The lowest BCUT2D eigenvalue weighted by atomic mass is 9.88. The van der Waals surface area contributed by atoms with Gasteiger partial charge in [-0.1, -0.05) is 35.9 Å². The van der Waals surface area contributed by atoms with Crippen molar-refractivity contribution >= 4 is 0 Å². The third-order valence-electron chi connectivity index (χ3n) is 4.12. The monoisotopic (exact) mass is 269 g/mol. The smallest absolute Gasteiger partial charge is 0.124 e. The highest BCUT2D eigenvalue weighted by atomic mass is 19.1. The Labute approximate surface area is 119 Å². The van der Waals surface area contributed by atoms with Gasteiger partial charge in [0, 0.05) is 0 Å². The Hall–Kier alpha value is -1.67. The molecule has 0 aliphatic carbocycles. The summed E-state index contributed by atoms with van der Waals surface area (Å²) in [5, 5.41) is 3.36. The molecule has 0 bridgehead atoms. The SMILES string of the molecule is Cc1ccc(-c2cc(F)cc(C3CCNCC3)c2)cc1. The molecule has 1 aliphatic heterocycles. The van der Waals surface area contributed by atoms with Gasteiger partial charge in [0.15, 0.2) is 0 Å². The highest BCUT2D eigenvalue weighted by Crippen LogP contribution is 2.30. The van der Waals surface area contributed by atoms with Crippen LogP contribution in [0.25, 0.3) is 11.1 Å². The van der Waals surface area contributed by atoms with E-state index in [4.69, 9.17) is 0 Å². The predicted octanol–water partition coefficient (Wildman–Crippen LogP) is 4.27. The van der Waals surface area contributed by atoms with Gasteiger partial charge >= 0.3 is 0 Å². The summed E-state index contributed by atoms with van der Waals surface area (Å²) in [4.78, 5) is 0. The molecule has 1 aliphatic rings. The summed E-state index contributed by atoms with van der Waals surface area (Å²) in [7, 11) is 0. The fraction of sp³-hybridized carbons (Fsp3) is 0.333. The standard InChI is InChI=1S/C18H20FN/c1-13-2-4-14(5-3-13)16-10-17(12-18(19)11-16)15-6-8-20-9-7-15/h2-5,10-12,15,20H,6-9H2,1H3. The minimum atomic E-state index is -0.128. The zero-order chi connectivity index (χ0) is 13.9. The zero-order valence-corrected chi connectivity index (χ0v) is 11.8. The first-order valence-electron chi connectivity index (χ1n) is 7.30. The van der Waals surface area contributed by atoms with E-state index in [1.165, 1.54) is 5.56 Å². The van der Waals surface area contributed by atoms with E-state index in [1.807, 2.05) is 0 Å². The van der Waals surface area contributed by atoms with Gasteiger partial charge in [0.2, 0.25) is 0 Å². The summed E-state index contributed by atoms with van der Waals surface area (Å²) in [6.45, 7) is 4.12. The van der Waals surface area contributed by atoms with Crippen LogP contribution < -0.4 is 5.32 Å². The molecule has 2 heteroatoms. The van der Waals surface area contributed by atoms with Gasteiger partial charge in [-0.3, -0.25) is 0 Å². The number of benzene rings is 2. The highest BCUT2D eigenvalue weighted by molar-refractivity contribution is 5.64. The molecule has 0 amide bonds. The highest BCUT2D eigenvalue weighted by Gasteiger charge is 2.16. The summed E-state index contributed by atoms with van der Waals surface area (Å²) in [6.07, 6.45) is 2.19. The summed E-state index contributed by atoms with van der Waals surface area (Å²) in [5.41, 5.74) is 4.44. The molecule has 104 valence electrons. The van der Waals surface area contributed by atoms with Gasteiger partial charge in [-0.15, -0.1) is 0 Å². The molecule has 2 aromatic rings. The fourth-order valence-corrected chi connectivity index (χ4v) is 2.92. The maximum Gasteiger partial charge on any atom is 0.124 e. The van der Waals surface area contributed by atoms with Gasteiger partial charge in [-0.25, -0.2) is 4.39 Å². The van der Waals surface area contributed by atoms with E-state index >= 15 is 0 Å². The van der Waals surface area contributed by atoms with Gasteiger partial charge in [0.05, 0.1) is 0 Å². The molecule has 1 saturated heterocycles. The van der Waals surface area contributed by atoms with Crippen LogP contribution in [0.4, 0.5) is 4.39 Å². The van der Waals surface area contributed by atoms with Gasteiger partial charge in [-0.05, 0) is 67.6 Å². The van der Waals surface area contributed by atoms with Crippen molar-refractivity contribution in [3.63, 3.8) is 0 Å². The van der Waals surface area contributed by atoms with Crippen molar-refractivity contribution in [2.45, 2.75) is 25.7 Å². The Morgan fingerprint density at radius 3 is 2.35 bits per heavy atom.